The van der Waals surface area contributed by atoms with Crippen molar-refractivity contribution in [1.82, 2.24) is 0 Å². The quantitative estimate of drug-likeness (QED) is 0.900. The molecule has 0 amide bonds. The van der Waals surface area contributed by atoms with E-state index in [1.54, 1.807) is 6.07 Å². The van der Waals surface area contributed by atoms with Gasteiger partial charge in [-0.3, -0.25) is 4.72 Å². The molecule has 0 atom stereocenters. The van der Waals surface area contributed by atoms with Crippen LogP contribution >= 0.6 is 34.8 Å². The Morgan fingerprint density at radius 3 is 2.05 bits per heavy atom. The second-order valence-electron chi connectivity index (χ2n) is 3.68. The molecule has 2 rings (SSSR count). The van der Waals surface area contributed by atoms with E-state index < -0.39 is 10.0 Å². The van der Waals surface area contributed by atoms with Gasteiger partial charge in [-0.15, -0.1) is 0 Å². The van der Waals surface area contributed by atoms with E-state index in [2.05, 4.69) is 4.72 Å². The van der Waals surface area contributed by atoms with E-state index >= 15 is 0 Å². The average Bonchev–Trinajstić information content (AvgIpc) is 2.34. The van der Waals surface area contributed by atoms with Crippen LogP contribution in [0.3, 0.4) is 0 Å². The van der Waals surface area contributed by atoms with Crippen LogP contribution in [0.15, 0.2) is 47.4 Å². The summed E-state index contributed by atoms with van der Waals surface area (Å²) in [5.74, 6) is 0. The van der Waals surface area contributed by atoms with Crippen LogP contribution in [0.1, 0.15) is 0 Å². The number of sulfonamides is 1. The van der Waals surface area contributed by atoms with E-state index in [9.17, 15) is 8.42 Å². The summed E-state index contributed by atoms with van der Waals surface area (Å²) in [7, 11) is -3.72. The first kappa shape index (κ1) is 14.5. The van der Waals surface area contributed by atoms with E-state index in [0.29, 0.717) is 10.0 Å². The van der Waals surface area contributed by atoms with Gasteiger partial charge in [0.05, 0.1) is 15.6 Å². The molecule has 0 bridgehead atoms. The lowest BCUT2D eigenvalue weighted by Gasteiger charge is -2.10. The van der Waals surface area contributed by atoms with E-state index in [1.807, 2.05) is 0 Å². The Bertz CT molecular complexity index is 699. The molecule has 0 unspecified atom stereocenters. The van der Waals surface area contributed by atoms with Crippen LogP contribution in [0.4, 0.5) is 5.69 Å². The summed E-state index contributed by atoms with van der Waals surface area (Å²) in [5, 5.41) is 1.11. The standard InChI is InChI=1S/C12H8Cl3NO2S/c13-8-1-4-10(5-2-8)19(17,18)16-12-7-9(14)3-6-11(12)15/h1-7,16H. The number of hydrogen-bond donors (Lipinski definition) is 1. The maximum Gasteiger partial charge on any atom is 0.261 e. The van der Waals surface area contributed by atoms with Gasteiger partial charge in [-0.1, -0.05) is 34.8 Å². The van der Waals surface area contributed by atoms with Crippen LogP contribution < -0.4 is 4.72 Å². The van der Waals surface area contributed by atoms with Gasteiger partial charge in [0.25, 0.3) is 10.0 Å². The Hall–Kier alpha value is -0.940. The van der Waals surface area contributed by atoms with Crippen molar-refractivity contribution < 1.29 is 8.42 Å². The second-order valence-corrected chi connectivity index (χ2v) is 6.65. The minimum atomic E-state index is -3.72. The third-order valence-corrected chi connectivity index (χ3v) is 4.49. The number of hydrogen-bond acceptors (Lipinski definition) is 2. The highest BCUT2D eigenvalue weighted by molar-refractivity contribution is 7.92. The Kier molecular flexibility index (Phi) is 4.26. The van der Waals surface area contributed by atoms with Crippen LogP contribution in [0.5, 0.6) is 0 Å². The van der Waals surface area contributed by atoms with Crippen LogP contribution in [0.25, 0.3) is 0 Å². The lowest BCUT2D eigenvalue weighted by atomic mass is 10.3. The molecule has 0 spiro atoms. The highest BCUT2D eigenvalue weighted by Crippen LogP contribution is 2.27. The number of halogens is 3. The molecule has 3 nitrogen and oxygen atoms in total. The molecule has 0 radical (unpaired) electrons. The van der Waals surface area contributed by atoms with Crippen molar-refractivity contribution in [1.29, 1.82) is 0 Å². The molecule has 0 saturated carbocycles. The Morgan fingerprint density at radius 2 is 1.42 bits per heavy atom. The molecule has 0 aliphatic heterocycles. The third kappa shape index (κ3) is 3.54. The van der Waals surface area contributed by atoms with Crippen LogP contribution in [0.2, 0.25) is 15.1 Å². The topological polar surface area (TPSA) is 46.2 Å². The van der Waals surface area contributed by atoms with Gasteiger partial charge in [0.15, 0.2) is 0 Å². The zero-order chi connectivity index (χ0) is 14.0. The zero-order valence-electron chi connectivity index (χ0n) is 9.40. The largest absolute Gasteiger partial charge is 0.278 e. The van der Waals surface area contributed by atoms with Crippen molar-refractivity contribution in [3.63, 3.8) is 0 Å². The molecule has 7 heteroatoms. The SMILES string of the molecule is O=S(=O)(Nc1cc(Cl)ccc1Cl)c1ccc(Cl)cc1. The minimum absolute atomic E-state index is 0.0907. The summed E-state index contributed by atoms with van der Waals surface area (Å²) in [5.41, 5.74) is 0.226. The summed E-state index contributed by atoms with van der Waals surface area (Å²) in [6.07, 6.45) is 0. The van der Waals surface area contributed by atoms with E-state index in [0.717, 1.165) is 0 Å². The molecule has 2 aromatic rings. The van der Waals surface area contributed by atoms with Gasteiger partial charge in [0.1, 0.15) is 0 Å². The summed E-state index contributed by atoms with van der Waals surface area (Å²) < 4.78 is 26.6. The average molecular weight is 337 g/mol. The molecule has 0 aliphatic rings. The number of nitrogens with one attached hydrogen (secondary N) is 1. The van der Waals surface area contributed by atoms with E-state index in [1.165, 1.54) is 36.4 Å². The molecular formula is C12H8Cl3NO2S. The summed E-state index contributed by atoms with van der Waals surface area (Å²) in [6.45, 7) is 0. The van der Waals surface area contributed by atoms with Gasteiger partial charge < -0.3 is 0 Å². The number of benzene rings is 2. The lowest BCUT2D eigenvalue weighted by Crippen LogP contribution is -2.13. The van der Waals surface area contributed by atoms with Crippen LogP contribution in [-0.2, 0) is 10.0 Å². The molecule has 0 heterocycles. The number of anilines is 1. The van der Waals surface area contributed by atoms with Gasteiger partial charge in [0.2, 0.25) is 0 Å². The van der Waals surface area contributed by atoms with Crippen molar-refractivity contribution in [3.05, 3.63) is 57.5 Å². The minimum Gasteiger partial charge on any atom is -0.278 e. The Morgan fingerprint density at radius 1 is 0.842 bits per heavy atom. The normalized spacial score (nSPS) is 11.3. The first-order chi connectivity index (χ1) is 8.88. The predicted molar refractivity (Wildman–Crippen MR) is 78.7 cm³/mol. The maximum absolute atomic E-state index is 12.1. The van der Waals surface area contributed by atoms with Gasteiger partial charge in [0, 0.05) is 10.0 Å². The maximum atomic E-state index is 12.1. The Balaban J connectivity index is 2.36. The molecule has 100 valence electrons. The summed E-state index contributed by atoms with van der Waals surface area (Å²) >= 11 is 17.4. The monoisotopic (exact) mass is 335 g/mol. The van der Waals surface area contributed by atoms with Crippen molar-refractivity contribution in [3.8, 4) is 0 Å². The Labute approximate surface area is 126 Å². The number of rotatable bonds is 3. The fourth-order valence-electron chi connectivity index (χ4n) is 1.39. The van der Waals surface area contributed by atoms with Crippen molar-refractivity contribution >= 4 is 50.5 Å². The second kappa shape index (κ2) is 5.59. The van der Waals surface area contributed by atoms with Crippen molar-refractivity contribution in [2.24, 2.45) is 0 Å². The molecular weight excluding hydrogens is 329 g/mol. The van der Waals surface area contributed by atoms with Crippen LogP contribution in [0, 0.1) is 0 Å². The zero-order valence-corrected chi connectivity index (χ0v) is 12.5. The highest BCUT2D eigenvalue weighted by Gasteiger charge is 2.15. The molecule has 0 aliphatic carbocycles. The molecule has 0 saturated heterocycles. The molecule has 0 aromatic heterocycles. The summed E-state index contributed by atoms with van der Waals surface area (Å²) in [4.78, 5) is 0.0907. The predicted octanol–water partition coefficient (Wildman–Crippen LogP) is 4.45. The third-order valence-electron chi connectivity index (χ3n) is 2.30. The summed E-state index contributed by atoms with van der Waals surface area (Å²) in [6, 6.07) is 10.3. The molecule has 0 fully saturated rings. The highest BCUT2D eigenvalue weighted by atomic mass is 35.5. The van der Waals surface area contributed by atoms with Gasteiger partial charge >= 0.3 is 0 Å². The smallest absolute Gasteiger partial charge is 0.261 e. The van der Waals surface area contributed by atoms with Gasteiger partial charge in [-0.2, -0.15) is 0 Å². The fourth-order valence-corrected chi connectivity index (χ4v) is 2.98. The van der Waals surface area contributed by atoms with Crippen molar-refractivity contribution in [2.75, 3.05) is 4.72 Å². The van der Waals surface area contributed by atoms with E-state index in [4.69, 9.17) is 34.8 Å². The van der Waals surface area contributed by atoms with Crippen molar-refractivity contribution in [2.45, 2.75) is 4.90 Å². The fraction of sp³-hybridized carbons (Fsp3) is 0. The van der Waals surface area contributed by atoms with Crippen LogP contribution in [-0.4, -0.2) is 8.42 Å². The van der Waals surface area contributed by atoms with Gasteiger partial charge in [-0.05, 0) is 42.5 Å². The molecule has 2 aromatic carbocycles. The first-order valence-corrected chi connectivity index (χ1v) is 7.73. The van der Waals surface area contributed by atoms with Gasteiger partial charge in [-0.25, -0.2) is 8.42 Å². The lowest BCUT2D eigenvalue weighted by molar-refractivity contribution is 0.601. The van der Waals surface area contributed by atoms with E-state index in [-0.39, 0.29) is 15.6 Å². The molecule has 19 heavy (non-hydrogen) atoms. The first-order valence-electron chi connectivity index (χ1n) is 5.12. The molecule has 1 N–H and O–H groups in total.